The largest absolute Gasteiger partial charge is 0.425 e. The SMILES string of the molecule is Nc1cc(-c2cc(N)oc2N)c(N)o1. The standard InChI is InChI=1S/C8H10N4O2/c9-5-1-3(7(11)13-5)4-2-6(10)14-8(4)12/h1-2H,9-12H2. The molecule has 2 heterocycles. The monoisotopic (exact) mass is 194 g/mol. The third kappa shape index (κ3) is 1.13. The maximum Gasteiger partial charge on any atom is 0.201 e. The van der Waals surface area contributed by atoms with Gasteiger partial charge in [-0.15, -0.1) is 0 Å². The summed E-state index contributed by atoms with van der Waals surface area (Å²) in [6, 6.07) is 3.13. The van der Waals surface area contributed by atoms with Crippen LogP contribution in [0.25, 0.3) is 11.1 Å². The van der Waals surface area contributed by atoms with Crippen LogP contribution in [-0.4, -0.2) is 0 Å². The fraction of sp³-hybridized carbons (Fsp3) is 0. The molecular formula is C8H10N4O2. The first-order valence-corrected chi connectivity index (χ1v) is 3.88. The van der Waals surface area contributed by atoms with Crippen molar-refractivity contribution < 1.29 is 8.83 Å². The van der Waals surface area contributed by atoms with Crippen LogP contribution in [0.1, 0.15) is 0 Å². The van der Waals surface area contributed by atoms with E-state index in [2.05, 4.69) is 0 Å². The second-order valence-electron chi connectivity index (χ2n) is 2.85. The van der Waals surface area contributed by atoms with Gasteiger partial charge in [-0.2, -0.15) is 0 Å². The Morgan fingerprint density at radius 1 is 0.714 bits per heavy atom. The molecule has 0 saturated carbocycles. The van der Waals surface area contributed by atoms with Crippen molar-refractivity contribution in [2.75, 3.05) is 22.9 Å². The predicted molar refractivity (Wildman–Crippen MR) is 54.1 cm³/mol. The lowest BCUT2D eigenvalue weighted by Crippen LogP contribution is -1.87. The molecule has 0 spiro atoms. The van der Waals surface area contributed by atoms with Crippen molar-refractivity contribution in [1.82, 2.24) is 0 Å². The first kappa shape index (κ1) is 8.36. The summed E-state index contributed by atoms with van der Waals surface area (Å²) in [6.07, 6.45) is 0. The average molecular weight is 194 g/mol. The van der Waals surface area contributed by atoms with E-state index >= 15 is 0 Å². The Bertz CT molecular complexity index is 427. The van der Waals surface area contributed by atoms with E-state index in [4.69, 9.17) is 31.8 Å². The maximum atomic E-state index is 5.57. The fourth-order valence-electron chi connectivity index (χ4n) is 1.27. The molecule has 0 bridgehead atoms. The van der Waals surface area contributed by atoms with E-state index in [9.17, 15) is 0 Å². The van der Waals surface area contributed by atoms with Crippen LogP contribution in [0.3, 0.4) is 0 Å². The van der Waals surface area contributed by atoms with Gasteiger partial charge >= 0.3 is 0 Å². The molecule has 0 aliphatic heterocycles. The van der Waals surface area contributed by atoms with Crippen LogP contribution >= 0.6 is 0 Å². The summed E-state index contributed by atoms with van der Waals surface area (Å²) in [6.45, 7) is 0. The molecule has 2 aromatic rings. The van der Waals surface area contributed by atoms with E-state index in [0.717, 1.165) is 0 Å². The number of furan rings is 2. The van der Waals surface area contributed by atoms with E-state index in [0.29, 0.717) is 11.1 Å². The number of nitrogens with two attached hydrogens (primary N) is 4. The third-order valence-corrected chi connectivity index (χ3v) is 1.85. The van der Waals surface area contributed by atoms with Gasteiger partial charge in [0, 0.05) is 12.1 Å². The molecule has 0 aliphatic carbocycles. The highest BCUT2D eigenvalue weighted by atomic mass is 16.4. The van der Waals surface area contributed by atoms with Crippen LogP contribution in [0.4, 0.5) is 23.5 Å². The molecule has 2 rings (SSSR count). The summed E-state index contributed by atoms with van der Waals surface area (Å²) in [5, 5.41) is 0. The smallest absolute Gasteiger partial charge is 0.201 e. The summed E-state index contributed by atoms with van der Waals surface area (Å²) in [5.74, 6) is 0.818. The van der Waals surface area contributed by atoms with Gasteiger partial charge in [0.05, 0.1) is 11.1 Å². The molecule has 0 saturated heterocycles. The molecule has 8 N–H and O–H groups in total. The van der Waals surface area contributed by atoms with Crippen molar-refractivity contribution in [3.63, 3.8) is 0 Å². The second kappa shape index (κ2) is 2.63. The van der Waals surface area contributed by atoms with Crippen molar-refractivity contribution in [1.29, 1.82) is 0 Å². The first-order valence-electron chi connectivity index (χ1n) is 3.88. The van der Waals surface area contributed by atoms with Gasteiger partial charge in [0.25, 0.3) is 0 Å². The quantitative estimate of drug-likeness (QED) is 0.532. The van der Waals surface area contributed by atoms with Crippen molar-refractivity contribution in [2.45, 2.75) is 0 Å². The van der Waals surface area contributed by atoms with Crippen molar-refractivity contribution in [2.24, 2.45) is 0 Å². The number of hydrogen-bond acceptors (Lipinski definition) is 6. The molecule has 0 unspecified atom stereocenters. The molecule has 0 amide bonds. The van der Waals surface area contributed by atoms with Crippen LogP contribution in [0, 0.1) is 0 Å². The zero-order valence-corrected chi connectivity index (χ0v) is 7.28. The Kier molecular flexibility index (Phi) is 1.57. The van der Waals surface area contributed by atoms with Gasteiger partial charge in [-0.3, -0.25) is 0 Å². The topological polar surface area (TPSA) is 130 Å². The zero-order valence-electron chi connectivity index (χ0n) is 7.28. The van der Waals surface area contributed by atoms with Gasteiger partial charge in [-0.1, -0.05) is 0 Å². The van der Waals surface area contributed by atoms with Crippen molar-refractivity contribution >= 4 is 23.5 Å². The van der Waals surface area contributed by atoms with E-state index in [1.54, 1.807) is 12.1 Å². The molecule has 14 heavy (non-hydrogen) atoms. The predicted octanol–water partition coefficient (Wildman–Crippen LogP) is 0.868. The lowest BCUT2D eigenvalue weighted by atomic mass is 10.1. The molecule has 74 valence electrons. The second-order valence-corrected chi connectivity index (χ2v) is 2.85. The Morgan fingerprint density at radius 3 is 1.29 bits per heavy atom. The minimum Gasteiger partial charge on any atom is -0.425 e. The molecule has 0 aliphatic rings. The Labute approximate surface area is 79.4 Å². The lowest BCUT2D eigenvalue weighted by molar-refractivity contribution is 0.606. The van der Waals surface area contributed by atoms with E-state index < -0.39 is 0 Å². The van der Waals surface area contributed by atoms with Crippen LogP contribution in [-0.2, 0) is 0 Å². The highest BCUT2D eigenvalue weighted by Gasteiger charge is 2.15. The average Bonchev–Trinajstić information content (AvgIpc) is 2.55. The number of nitrogen functional groups attached to an aromatic ring is 4. The molecule has 0 fully saturated rings. The summed E-state index contributed by atoms with van der Waals surface area (Å²) in [7, 11) is 0. The molecule has 0 atom stereocenters. The van der Waals surface area contributed by atoms with Gasteiger partial charge in [-0.25, -0.2) is 0 Å². The van der Waals surface area contributed by atoms with Crippen molar-refractivity contribution in [3.05, 3.63) is 12.1 Å². The van der Waals surface area contributed by atoms with E-state index in [1.807, 2.05) is 0 Å². The maximum absolute atomic E-state index is 5.57. The number of anilines is 4. The third-order valence-electron chi connectivity index (χ3n) is 1.85. The number of rotatable bonds is 1. The van der Waals surface area contributed by atoms with Crippen molar-refractivity contribution in [3.8, 4) is 11.1 Å². The van der Waals surface area contributed by atoms with Gasteiger partial charge < -0.3 is 31.8 Å². The van der Waals surface area contributed by atoms with Crippen LogP contribution in [0.15, 0.2) is 21.0 Å². The molecule has 6 heteroatoms. The normalized spacial score (nSPS) is 10.6. The minimum absolute atomic E-state index is 0.190. The van der Waals surface area contributed by atoms with Gasteiger partial charge in [0.1, 0.15) is 0 Å². The molecule has 0 aromatic carbocycles. The molecule has 0 radical (unpaired) electrons. The summed E-state index contributed by atoms with van der Waals surface area (Å²) in [5.41, 5.74) is 23.1. The summed E-state index contributed by atoms with van der Waals surface area (Å²) < 4.78 is 9.90. The molecular weight excluding hydrogens is 184 g/mol. The van der Waals surface area contributed by atoms with Crippen LogP contribution in [0.5, 0.6) is 0 Å². The Morgan fingerprint density at radius 2 is 1.07 bits per heavy atom. The van der Waals surface area contributed by atoms with Gasteiger partial charge in [-0.05, 0) is 0 Å². The van der Waals surface area contributed by atoms with Crippen LogP contribution in [0.2, 0.25) is 0 Å². The Hall–Kier alpha value is -2.24. The lowest BCUT2D eigenvalue weighted by Gasteiger charge is -1.93. The summed E-state index contributed by atoms with van der Waals surface area (Å²) >= 11 is 0. The van der Waals surface area contributed by atoms with Gasteiger partial charge in [0.15, 0.2) is 11.8 Å². The fourth-order valence-corrected chi connectivity index (χ4v) is 1.27. The Balaban J connectivity index is 2.59. The highest BCUT2D eigenvalue weighted by molar-refractivity contribution is 5.83. The van der Waals surface area contributed by atoms with Crippen LogP contribution < -0.4 is 22.9 Å². The highest BCUT2D eigenvalue weighted by Crippen LogP contribution is 2.36. The number of hydrogen-bond donors (Lipinski definition) is 4. The van der Waals surface area contributed by atoms with E-state index in [-0.39, 0.29) is 23.5 Å². The van der Waals surface area contributed by atoms with Gasteiger partial charge in [0.2, 0.25) is 11.8 Å². The zero-order chi connectivity index (χ0) is 10.3. The molecule has 6 nitrogen and oxygen atoms in total. The minimum atomic E-state index is 0.190. The summed E-state index contributed by atoms with van der Waals surface area (Å²) in [4.78, 5) is 0. The van der Waals surface area contributed by atoms with E-state index in [1.165, 1.54) is 0 Å². The molecule has 2 aromatic heterocycles. The first-order chi connectivity index (χ1) is 6.58.